The first-order valence-corrected chi connectivity index (χ1v) is 7.87. The number of hydrogen-bond donors (Lipinski definition) is 1. The van der Waals surface area contributed by atoms with E-state index in [0.29, 0.717) is 13.0 Å². The molecule has 2 unspecified atom stereocenters. The second-order valence-electron chi connectivity index (χ2n) is 5.20. The van der Waals surface area contributed by atoms with Gasteiger partial charge in [0.25, 0.3) is 0 Å². The maximum absolute atomic E-state index is 12.3. The zero-order valence-electron chi connectivity index (χ0n) is 12.0. The van der Waals surface area contributed by atoms with Crippen LogP contribution in [-0.4, -0.2) is 33.8 Å². The highest BCUT2D eigenvalue weighted by Gasteiger charge is 2.37. The highest BCUT2D eigenvalue weighted by atomic mass is 32.1. The van der Waals surface area contributed by atoms with E-state index in [2.05, 4.69) is 10.3 Å². The van der Waals surface area contributed by atoms with Crippen molar-refractivity contribution in [1.82, 2.24) is 15.2 Å². The molecule has 21 heavy (non-hydrogen) atoms. The van der Waals surface area contributed by atoms with Crippen LogP contribution in [0.25, 0.3) is 10.2 Å². The molecule has 1 aromatic carbocycles. The van der Waals surface area contributed by atoms with Crippen LogP contribution in [0, 0.1) is 0 Å². The molecule has 1 saturated heterocycles. The van der Waals surface area contributed by atoms with Crippen molar-refractivity contribution in [2.75, 3.05) is 0 Å². The summed E-state index contributed by atoms with van der Waals surface area (Å²) in [5.74, 6) is -0.119. The van der Waals surface area contributed by atoms with Gasteiger partial charge in [0.1, 0.15) is 17.1 Å². The Morgan fingerprint density at radius 3 is 2.81 bits per heavy atom. The third kappa shape index (κ3) is 2.51. The van der Waals surface area contributed by atoms with E-state index in [9.17, 15) is 9.59 Å². The number of piperazine rings is 1. The molecule has 0 aliphatic carbocycles. The van der Waals surface area contributed by atoms with Crippen LogP contribution in [-0.2, 0) is 16.1 Å². The molecule has 3 rings (SSSR count). The normalized spacial score (nSPS) is 22.7. The Balaban J connectivity index is 1.89. The number of para-hydroxylation sites is 1. The molecule has 2 aromatic rings. The topological polar surface area (TPSA) is 62.3 Å². The van der Waals surface area contributed by atoms with Gasteiger partial charge in [-0.1, -0.05) is 19.1 Å². The first-order chi connectivity index (χ1) is 10.1. The lowest BCUT2D eigenvalue weighted by Gasteiger charge is -2.37. The number of aromatic nitrogens is 1. The number of carbonyl (C=O) groups is 2. The van der Waals surface area contributed by atoms with Crippen molar-refractivity contribution in [1.29, 1.82) is 0 Å². The average molecular weight is 303 g/mol. The van der Waals surface area contributed by atoms with Gasteiger partial charge in [0.15, 0.2) is 0 Å². The molecule has 1 aromatic heterocycles. The number of amides is 2. The summed E-state index contributed by atoms with van der Waals surface area (Å²) in [5, 5.41) is 3.59. The Morgan fingerprint density at radius 2 is 2.10 bits per heavy atom. The van der Waals surface area contributed by atoms with Crippen molar-refractivity contribution in [3.63, 3.8) is 0 Å². The van der Waals surface area contributed by atoms with Gasteiger partial charge in [-0.3, -0.25) is 9.59 Å². The molecule has 1 aliphatic heterocycles. The summed E-state index contributed by atoms with van der Waals surface area (Å²) < 4.78 is 1.10. The van der Waals surface area contributed by atoms with Gasteiger partial charge < -0.3 is 10.2 Å². The van der Waals surface area contributed by atoms with Gasteiger partial charge in [-0.25, -0.2) is 4.98 Å². The molecule has 1 fully saturated rings. The third-order valence-corrected chi connectivity index (χ3v) is 4.74. The van der Waals surface area contributed by atoms with Gasteiger partial charge in [-0.2, -0.15) is 0 Å². The fourth-order valence-electron chi connectivity index (χ4n) is 2.64. The lowest BCUT2D eigenvalue weighted by Crippen LogP contribution is -2.61. The Bertz CT molecular complexity index is 664. The van der Waals surface area contributed by atoms with Crippen molar-refractivity contribution < 1.29 is 9.59 Å². The molecular formula is C15H17N3O2S. The summed E-state index contributed by atoms with van der Waals surface area (Å²) in [6.45, 7) is 4.03. The molecular weight excluding hydrogens is 286 g/mol. The molecule has 1 aliphatic rings. The van der Waals surface area contributed by atoms with Gasteiger partial charge in [0, 0.05) is 0 Å². The molecule has 0 spiro atoms. The number of benzene rings is 1. The number of thiazole rings is 1. The second kappa shape index (κ2) is 5.44. The van der Waals surface area contributed by atoms with Crippen LogP contribution in [0.15, 0.2) is 24.3 Å². The molecule has 1 N–H and O–H groups in total. The number of fused-ring (bicyclic) bond motifs is 1. The molecule has 0 bridgehead atoms. The summed E-state index contributed by atoms with van der Waals surface area (Å²) in [5.41, 5.74) is 0.938. The Kier molecular flexibility index (Phi) is 3.63. The largest absolute Gasteiger partial charge is 0.343 e. The SMILES string of the molecule is CCC1C(=O)NC(C)C(=O)N1Cc1nc2ccccc2s1. The number of hydrogen-bond acceptors (Lipinski definition) is 4. The van der Waals surface area contributed by atoms with Gasteiger partial charge in [-0.15, -0.1) is 11.3 Å². The highest BCUT2D eigenvalue weighted by Crippen LogP contribution is 2.24. The molecule has 110 valence electrons. The van der Waals surface area contributed by atoms with Crippen molar-refractivity contribution in [2.24, 2.45) is 0 Å². The highest BCUT2D eigenvalue weighted by molar-refractivity contribution is 7.18. The first-order valence-electron chi connectivity index (χ1n) is 7.05. The van der Waals surface area contributed by atoms with Crippen molar-refractivity contribution in [2.45, 2.75) is 38.9 Å². The predicted octanol–water partition coefficient (Wildman–Crippen LogP) is 1.92. The van der Waals surface area contributed by atoms with E-state index in [1.165, 1.54) is 0 Å². The van der Waals surface area contributed by atoms with Crippen LogP contribution in [0.2, 0.25) is 0 Å². The number of nitrogens with one attached hydrogen (secondary N) is 1. The van der Waals surface area contributed by atoms with Crippen molar-refractivity contribution in [3.8, 4) is 0 Å². The molecule has 5 nitrogen and oxygen atoms in total. The van der Waals surface area contributed by atoms with E-state index in [1.807, 2.05) is 31.2 Å². The smallest absolute Gasteiger partial charge is 0.245 e. The third-order valence-electron chi connectivity index (χ3n) is 3.72. The quantitative estimate of drug-likeness (QED) is 0.942. The van der Waals surface area contributed by atoms with Crippen LogP contribution in [0.5, 0.6) is 0 Å². The second-order valence-corrected chi connectivity index (χ2v) is 6.31. The number of carbonyl (C=O) groups excluding carboxylic acids is 2. The molecule has 2 amide bonds. The first kappa shape index (κ1) is 14.0. The molecule has 6 heteroatoms. The monoisotopic (exact) mass is 303 g/mol. The summed E-state index contributed by atoms with van der Waals surface area (Å²) in [4.78, 5) is 30.6. The maximum Gasteiger partial charge on any atom is 0.245 e. The molecule has 2 heterocycles. The number of nitrogens with zero attached hydrogens (tertiary/aromatic N) is 2. The fraction of sp³-hybridized carbons (Fsp3) is 0.400. The van der Waals surface area contributed by atoms with E-state index in [0.717, 1.165) is 15.2 Å². The predicted molar refractivity (Wildman–Crippen MR) is 81.9 cm³/mol. The molecule has 2 atom stereocenters. The summed E-state index contributed by atoms with van der Waals surface area (Å²) in [6.07, 6.45) is 0.606. The van der Waals surface area contributed by atoms with Crippen LogP contribution in [0.3, 0.4) is 0 Å². The van der Waals surface area contributed by atoms with Crippen LogP contribution >= 0.6 is 11.3 Å². The Labute approximate surface area is 127 Å². The van der Waals surface area contributed by atoms with E-state index in [-0.39, 0.29) is 11.8 Å². The summed E-state index contributed by atoms with van der Waals surface area (Å²) in [7, 11) is 0. The van der Waals surface area contributed by atoms with Gasteiger partial charge >= 0.3 is 0 Å². The Morgan fingerprint density at radius 1 is 1.33 bits per heavy atom. The van der Waals surface area contributed by atoms with Crippen molar-refractivity contribution >= 4 is 33.4 Å². The van der Waals surface area contributed by atoms with Gasteiger partial charge in [0.05, 0.1) is 16.8 Å². The van der Waals surface area contributed by atoms with E-state index >= 15 is 0 Å². The standard InChI is InChI=1S/C15H17N3O2S/c1-3-11-14(19)16-9(2)15(20)18(11)8-13-17-10-6-4-5-7-12(10)21-13/h4-7,9,11H,3,8H2,1-2H3,(H,16,19). The maximum atomic E-state index is 12.3. The van der Waals surface area contributed by atoms with E-state index < -0.39 is 12.1 Å². The lowest BCUT2D eigenvalue weighted by atomic mass is 10.1. The van der Waals surface area contributed by atoms with Gasteiger partial charge in [-0.05, 0) is 25.5 Å². The minimum atomic E-state index is -0.463. The zero-order chi connectivity index (χ0) is 15.0. The van der Waals surface area contributed by atoms with E-state index in [1.54, 1.807) is 23.2 Å². The molecule has 0 radical (unpaired) electrons. The van der Waals surface area contributed by atoms with Gasteiger partial charge in [0.2, 0.25) is 11.8 Å². The summed E-state index contributed by atoms with van der Waals surface area (Å²) >= 11 is 1.57. The minimum Gasteiger partial charge on any atom is -0.343 e. The van der Waals surface area contributed by atoms with E-state index in [4.69, 9.17) is 0 Å². The Hall–Kier alpha value is -1.95. The van der Waals surface area contributed by atoms with Crippen molar-refractivity contribution in [3.05, 3.63) is 29.3 Å². The number of rotatable bonds is 3. The zero-order valence-corrected chi connectivity index (χ0v) is 12.8. The van der Waals surface area contributed by atoms with Crippen LogP contribution < -0.4 is 5.32 Å². The minimum absolute atomic E-state index is 0.0410. The molecule has 0 saturated carbocycles. The lowest BCUT2D eigenvalue weighted by molar-refractivity contribution is -0.149. The van der Waals surface area contributed by atoms with Crippen LogP contribution in [0.1, 0.15) is 25.3 Å². The average Bonchev–Trinajstić information content (AvgIpc) is 2.87. The fourth-order valence-corrected chi connectivity index (χ4v) is 3.61. The van der Waals surface area contributed by atoms with Crippen LogP contribution in [0.4, 0.5) is 0 Å². The summed E-state index contributed by atoms with van der Waals surface area (Å²) in [6, 6.07) is 7.03.